The number of nitrogens with zero attached hydrogens (tertiary/aromatic N) is 1. The summed E-state index contributed by atoms with van der Waals surface area (Å²) in [5, 5.41) is 15.3. The van der Waals surface area contributed by atoms with Crippen LogP contribution in [0.1, 0.15) is 43.5 Å². The number of para-hydroxylation sites is 1. The standard InChI is InChI=1S/C22H25N3O/c1-4-17-10-12-19(13-11-17)16(3)25-22(26)20(14-23)15-24-21-9-7-6-8-18(21)5-2/h6-13,15-16,24H,4-5H2,1-3H3,(H,25,26)/b20-15-. The molecule has 2 aromatic rings. The molecule has 1 amide bonds. The Morgan fingerprint density at radius 3 is 2.42 bits per heavy atom. The van der Waals surface area contributed by atoms with Gasteiger partial charge in [-0.05, 0) is 42.5 Å². The molecule has 0 saturated heterocycles. The van der Waals surface area contributed by atoms with Crippen molar-refractivity contribution in [3.05, 3.63) is 77.0 Å². The van der Waals surface area contributed by atoms with Crippen LogP contribution >= 0.6 is 0 Å². The second-order valence-electron chi connectivity index (χ2n) is 6.12. The lowest BCUT2D eigenvalue weighted by Crippen LogP contribution is -2.28. The lowest BCUT2D eigenvalue weighted by Gasteiger charge is -2.14. The summed E-state index contributed by atoms with van der Waals surface area (Å²) in [4.78, 5) is 12.4. The van der Waals surface area contributed by atoms with E-state index < -0.39 is 0 Å². The van der Waals surface area contributed by atoms with Crippen molar-refractivity contribution in [3.63, 3.8) is 0 Å². The van der Waals surface area contributed by atoms with Crippen LogP contribution in [-0.2, 0) is 17.6 Å². The Balaban J connectivity index is 2.06. The van der Waals surface area contributed by atoms with Crippen molar-refractivity contribution in [3.8, 4) is 6.07 Å². The number of benzene rings is 2. The maximum Gasteiger partial charge on any atom is 0.263 e. The van der Waals surface area contributed by atoms with Gasteiger partial charge in [0.25, 0.3) is 5.91 Å². The molecule has 1 unspecified atom stereocenters. The predicted octanol–water partition coefficient (Wildman–Crippen LogP) is 4.51. The van der Waals surface area contributed by atoms with Crippen molar-refractivity contribution >= 4 is 11.6 Å². The monoisotopic (exact) mass is 347 g/mol. The van der Waals surface area contributed by atoms with E-state index in [2.05, 4.69) is 36.6 Å². The van der Waals surface area contributed by atoms with E-state index >= 15 is 0 Å². The van der Waals surface area contributed by atoms with Gasteiger partial charge < -0.3 is 10.6 Å². The lowest BCUT2D eigenvalue weighted by molar-refractivity contribution is -0.117. The predicted molar refractivity (Wildman–Crippen MR) is 106 cm³/mol. The summed E-state index contributed by atoms with van der Waals surface area (Å²) in [7, 11) is 0. The third-order valence-electron chi connectivity index (χ3n) is 4.37. The normalized spacial score (nSPS) is 12.2. The number of anilines is 1. The highest BCUT2D eigenvalue weighted by Crippen LogP contribution is 2.17. The van der Waals surface area contributed by atoms with Crippen molar-refractivity contribution in [2.75, 3.05) is 5.32 Å². The van der Waals surface area contributed by atoms with Gasteiger partial charge in [0.1, 0.15) is 11.6 Å². The van der Waals surface area contributed by atoms with Crippen molar-refractivity contribution in [1.82, 2.24) is 5.32 Å². The van der Waals surface area contributed by atoms with E-state index in [-0.39, 0.29) is 17.5 Å². The van der Waals surface area contributed by atoms with Crippen LogP contribution in [0.4, 0.5) is 5.69 Å². The molecule has 0 aliphatic carbocycles. The Kier molecular flexibility index (Phi) is 6.99. The molecule has 2 rings (SSSR count). The van der Waals surface area contributed by atoms with Crippen LogP contribution in [0, 0.1) is 11.3 Å². The molecule has 1 atom stereocenters. The van der Waals surface area contributed by atoms with Gasteiger partial charge in [0.05, 0.1) is 6.04 Å². The van der Waals surface area contributed by atoms with Gasteiger partial charge in [0.15, 0.2) is 0 Å². The molecule has 0 aliphatic rings. The first kappa shape index (κ1) is 19.3. The van der Waals surface area contributed by atoms with Crippen molar-refractivity contribution in [2.24, 2.45) is 0 Å². The van der Waals surface area contributed by atoms with Gasteiger partial charge in [0, 0.05) is 11.9 Å². The molecule has 0 spiro atoms. The number of aryl methyl sites for hydroxylation is 2. The fraction of sp³-hybridized carbons (Fsp3) is 0.273. The van der Waals surface area contributed by atoms with Gasteiger partial charge in [-0.2, -0.15) is 5.26 Å². The summed E-state index contributed by atoms with van der Waals surface area (Å²) >= 11 is 0. The molecule has 0 aromatic heterocycles. The van der Waals surface area contributed by atoms with E-state index in [9.17, 15) is 10.1 Å². The van der Waals surface area contributed by atoms with Crippen molar-refractivity contribution in [1.29, 1.82) is 5.26 Å². The number of carbonyl (C=O) groups excluding carboxylic acids is 1. The zero-order chi connectivity index (χ0) is 18.9. The van der Waals surface area contributed by atoms with E-state index in [0.717, 1.165) is 29.7 Å². The van der Waals surface area contributed by atoms with E-state index in [0.29, 0.717) is 0 Å². The number of rotatable bonds is 7. The highest BCUT2D eigenvalue weighted by molar-refractivity contribution is 5.97. The van der Waals surface area contributed by atoms with E-state index in [4.69, 9.17) is 0 Å². The summed E-state index contributed by atoms with van der Waals surface area (Å²) in [6.45, 7) is 6.08. The van der Waals surface area contributed by atoms with Crippen molar-refractivity contribution < 1.29 is 4.79 Å². The Labute approximate surface area is 155 Å². The van der Waals surface area contributed by atoms with E-state index in [1.807, 2.05) is 49.4 Å². The van der Waals surface area contributed by atoms with Crippen LogP contribution < -0.4 is 10.6 Å². The lowest BCUT2D eigenvalue weighted by atomic mass is 10.0. The first-order valence-electron chi connectivity index (χ1n) is 8.93. The first-order valence-corrected chi connectivity index (χ1v) is 8.93. The van der Waals surface area contributed by atoms with Crippen LogP contribution in [0.15, 0.2) is 60.3 Å². The first-order chi connectivity index (χ1) is 12.6. The molecule has 0 fully saturated rings. The average molecular weight is 347 g/mol. The summed E-state index contributed by atoms with van der Waals surface area (Å²) in [6.07, 6.45) is 3.32. The maximum absolute atomic E-state index is 12.4. The third kappa shape index (κ3) is 4.97. The minimum atomic E-state index is -0.388. The number of hydrogen-bond acceptors (Lipinski definition) is 3. The zero-order valence-corrected chi connectivity index (χ0v) is 15.5. The van der Waals surface area contributed by atoms with Crippen LogP contribution in [0.2, 0.25) is 0 Å². The number of hydrogen-bond donors (Lipinski definition) is 2. The minimum absolute atomic E-state index is 0.0490. The molecule has 134 valence electrons. The zero-order valence-electron chi connectivity index (χ0n) is 15.5. The van der Waals surface area contributed by atoms with Gasteiger partial charge in [-0.1, -0.05) is 56.3 Å². The van der Waals surface area contributed by atoms with Crippen molar-refractivity contribution in [2.45, 2.75) is 39.7 Å². The van der Waals surface area contributed by atoms with Crippen LogP contribution in [0.5, 0.6) is 0 Å². The number of nitrogens with one attached hydrogen (secondary N) is 2. The highest BCUT2D eigenvalue weighted by atomic mass is 16.1. The molecule has 26 heavy (non-hydrogen) atoms. The fourth-order valence-electron chi connectivity index (χ4n) is 2.67. The molecule has 4 heteroatoms. The number of amides is 1. The van der Waals surface area contributed by atoms with Gasteiger partial charge in [-0.25, -0.2) is 0 Å². The Morgan fingerprint density at radius 2 is 1.81 bits per heavy atom. The quantitative estimate of drug-likeness (QED) is 0.572. The van der Waals surface area contributed by atoms with Gasteiger partial charge in [-0.3, -0.25) is 4.79 Å². The third-order valence-corrected chi connectivity index (χ3v) is 4.37. The molecule has 0 bridgehead atoms. The minimum Gasteiger partial charge on any atom is -0.360 e. The average Bonchev–Trinajstić information content (AvgIpc) is 2.68. The molecule has 4 nitrogen and oxygen atoms in total. The summed E-state index contributed by atoms with van der Waals surface area (Å²) in [5.41, 5.74) is 4.35. The molecule has 0 saturated carbocycles. The molecular weight excluding hydrogens is 322 g/mol. The van der Waals surface area contributed by atoms with Gasteiger partial charge >= 0.3 is 0 Å². The topological polar surface area (TPSA) is 64.9 Å². The van der Waals surface area contributed by atoms with E-state index in [1.165, 1.54) is 11.8 Å². The molecule has 0 heterocycles. The van der Waals surface area contributed by atoms with Crippen LogP contribution in [-0.4, -0.2) is 5.91 Å². The molecule has 2 aromatic carbocycles. The fourth-order valence-corrected chi connectivity index (χ4v) is 2.67. The number of carbonyl (C=O) groups is 1. The maximum atomic E-state index is 12.4. The summed E-state index contributed by atoms with van der Waals surface area (Å²) in [6, 6.07) is 17.8. The second kappa shape index (κ2) is 9.43. The van der Waals surface area contributed by atoms with Crippen LogP contribution in [0.3, 0.4) is 0 Å². The second-order valence-corrected chi connectivity index (χ2v) is 6.12. The summed E-state index contributed by atoms with van der Waals surface area (Å²) in [5.74, 6) is -0.388. The Hall–Kier alpha value is -3.06. The molecule has 0 aliphatic heterocycles. The van der Waals surface area contributed by atoms with Gasteiger partial charge in [-0.15, -0.1) is 0 Å². The highest BCUT2D eigenvalue weighted by Gasteiger charge is 2.14. The van der Waals surface area contributed by atoms with Gasteiger partial charge in [0.2, 0.25) is 0 Å². The smallest absolute Gasteiger partial charge is 0.263 e. The number of nitriles is 1. The summed E-state index contributed by atoms with van der Waals surface area (Å²) < 4.78 is 0. The SMILES string of the molecule is CCc1ccc(C(C)NC(=O)/C(C#N)=C\Nc2ccccc2CC)cc1. The van der Waals surface area contributed by atoms with Crippen LogP contribution in [0.25, 0.3) is 0 Å². The molecule has 0 radical (unpaired) electrons. The Bertz CT molecular complexity index is 816. The van der Waals surface area contributed by atoms with E-state index in [1.54, 1.807) is 0 Å². The largest absolute Gasteiger partial charge is 0.360 e. The molecule has 2 N–H and O–H groups in total. The Morgan fingerprint density at radius 1 is 1.12 bits per heavy atom. The molecular formula is C22H25N3O.